The van der Waals surface area contributed by atoms with Crippen molar-refractivity contribution >= 4 is 12.0 Å². The highest BCUT2D eigenvalue weighted by atomic mass is 16.5. The SMILES string of the molecule is Cc1c(-c2noc(-c3ccc(OC(C)C)c(C#N)c3)n2)ccc2c1CCN(C(=O)CN(C(=O)O)C(C)(C)C)C2. The maximum Gasteiger partial charge on any atom is 0.408 e. The van der Waals surface area contributed by atoms with Gasteiger partial charge in [-0.3, -0.25) is 9.69 Å². The molecule has 0 atom stereocenters. The van der Waals surface area contributed by atoms with Crippen LogP contribution in [0.25, 0.3) is 22.8 Å². The van der Waals surface area contributed by atoms with E-state index in [1.54, 1.807) is 43.9 Å². The molecule has 0 saturated carbocycles. The first-order valence-electron chi connectivity index (χ1n) is 12.8. The smallest absolute Gasteiger partial charge is 0.408 e. The topological polar surface area (TPSA) is 133 Å². The van der Waals surface area contributed by atoms with Gasteiger partial charge in [-0.15, -0.1) is 0 Å². The molecule has 0 aliphatic carbocycles. The van der Waals surface area contributed by atoms with Gasteiger partial charge in [0.1, 0.15) is 18.4 Å². The third-order valence-electron chi connectivity index (χ3n) is 6.75. The minimum atomic E-state index is -1.11. The van der Waals surface area contributed by atoms with Crippen LogP contribution in [0.1, 0.15) is 56.9 Å². The molecule has 10 heteroatoms. The second-order valence-electron chi connectivity index (χ2n) is 10.9. The maximum absolute atomic E-state index is 13.0. The van der Waals surface area contributed by atoms with Gasteiger partial charge >= 0.3 is 6.09 Å². The number of carbonyl (C=O) groups is 2. The van der Waals surface area contributed by atoms with E-state index in [2.05, 4.69) is 16.2 Å². The molecule has 1 aromatic heterocycles. The summed E-state index contributed by atoms with van der Waals surface area (Å²) in [5.74, 6) is 1.02. The van der Waals surface area contributed by atoms with Crippen LogP contribution in [0.5, 0.6) is 5.75 Å². The Kier molecular flexibility index (Phi) is 7.63. The van der Waals surface area contributed by atoms with Gasteiger partial charge in [0.2, 0.25) is 11.7 Å². The lowest BCUT2D eigenvalue weighted by atomic mass is 9.91. The summed E-state index contributed by atoms with van der Waals surface area (Å²) in [7, 11) is 0. The summed E-state index contributed by atoms with van der Waals surface area (Å²) in [5.41, 5.74) is 4.30. The monoisotopic (exact) mass is 531 g/mol. The van der Waals surface area contributed by atoms with Crippen LogP contribution in [0.15, 0.2) is 34.9 Å². The second-order valence-corrected chi connectivity index (χ2v) is 10.9. The van der Waals surface area contributed by atoms with Crippen LogP contribution in [0.4, 0.5) is 4.79 Å². The van der Waals surface area contributed by atoms with Gasteiger partial charge in [-0.05, 0) is 82.9 Å². The van der Waals surface area contributed by atoms with Crippen LogP contribution in [0, 0.1) is 18.3 Å². The summed E-state index contributed by atoms with van der Waals surface area (Å²) < 4.78 is 11.2. The molecule has 10 nitrogen and oxygen atoms in total. The number of hydrogen-bond acceptors (Lipinski definition) is 7. The Hall–Kier alpha value is -4.39. The van der Waals surface area contributed by atoms with E-state index in [1.807, 2.05) is 32.9 Å². The van der Waals surface area contributed by atoms with Crippen molar-refractivity contribution in [3.63, 3.8) is 0 Å². The Balaban J connectivity index is 1.54. The van der Waals surface area contributed by atoms with Gasteiger partial charge in [0.15, 0.2) is 0 Å². The van der Waals surface area contributed by atoms with Crippen molar-refractivity contribution in [2.24, 2.45) is 0 Å². The summed E-state index contributed by atoms with van der Waals surface area (Å²) in [4.78, 5) is 32.1. The van der Waals surface area contributed by atoms with E-state index in [0.29, 0.717) is 48.1 Å². The number of hydrogen-bond donors (Lipinski definition) is 1. The highest BCUT2D eigenvalue weighted by molar-refractivity contribution is 5.82. The number of carboxylic acid groups (broad SMARTS) is 1. The number of ether oxygens (including phenoxy) is 1. The van der Waals surface area contributed by atoms with Gasteiger partial charge in [0.05, 0.1) is 11.7 Å². The number of fused-ring (bicyclic) bond motifs is 1. The van der Waals surface area contributed by atoms with Crippen molar-refractivity contribution in [1.82, 2.24) is 19.9 Å². The minimum Gasteiger partial charge on any atom is -0.490 e. The van der Waals surface area contributed by atoms with Crippen LogP contribution in [-0.4, -0.2) is 61.8 Å². The van der Waals surface area contributed by atoms with E-state index in [9.17, 15) is 20.0 Å². The summed E-state index contributed by atoms with van der Waals surface area (Å²) >= 11 is 0. The molecule has 0 fully saturated rings. The van der Waals surface area contributed by atoms with Crippen molar-refractivity contribution in [1.29, 1.82) is 5.26 Å². The molecule has 0 bridgehead atoms. The third kappa shape index (κ3) is 5.87. The summed E-state index contributed by atoms with van der Waals surface area (Å²) in [5, 5.41) is 23.3. The zero-order chi connectivity index (χ0) is 28.5. The van der Waals surface area contributed by atoms with Crippen LogP contribution in [0.2, 0.25) is 0 Å². The number of carbonyl (C=O) groups excluding carboxylic acids is 1. The molecule has 1 N–H and O–H groups in total. The molecule has 3 aromatic rings. The van der Waals surface area contributed by atoms with Crippen LogP contribution < -0.4 is 4.74 Å². The number of benzene rings is 2. The molecule has 39 heavy (non-hydrogen) atoms. The number of amides is 2. The predicted octanol–water partition coefficient (Wildman–Crippen LogP) is 5.03. The minimum absolute atomic E-state index is 0.0573. The molecule has 2 heterocycles. The first-order valence-corrected chi connectivity index (χ1v) is 12.8. The zero-order valence-electron chi connectivity index (χ0n) is 23.1. The second kappa shape index (κ2) is 10.8. The first-order chi connectivity index (χ1) is 18.4. The van der Waals surface area contributed by atoms with Crippen molar-refractivity contribution in [3.05, 3.63) is 52.6 Å². The quantitative estimate of drug-likeness (QED) is 0.468. The van der Waals surface area contributed by atoms with Crippen molar-refractivity contribution in [2.75, 3.05) is 13.1 Å². The van der Waals surface area contributed by atoms with Gasteiger partial charge < -0.3 is 19.3 Å². The molecule has 0 radical (unpaired) electrons. The van der Waals surface area contributed by atoms with Crippen molar-refractivity contribution in [3.8, 4) is 34.7 Å². The average molecular weight is 532 g/mol. The molecule has 0 saturated heterocycles. The number of rotatable bonds is 6. The number of aromatic nitrogens is 2. The molecular weight excluding hydrogens is 498 g/mol. The molecule has 4 rings (SSSR count). The van der Waals surface area contributed by atoms with Gasteiger partial charge in [0.25, 0.3) is 5.89 Å². The van der Waals surface area contributed by atoms with Gasteiger partial charge in [-0.1, -0.05) is 17.3 Å². The first kappa shape index (κ1) is 27.6. The number of nitriles is 1. The summed E-state index contributed by atoms with van der Waals surface area (Å²) in [6.45, 7) is 11.8. The lowest BCUT2D eigenvalue weighted by Gasteiger charge is -2.36. The lowest BCUT2D eigenvalue weighted by Crippen LogP contribution is -2.51. The fourth-order valence-electron chi connectivity index (χ4n) is 4.68. The number of nitrogens with zero attached hydrogens (tertiary/aromatic N) is 5. The highest BCUT2D eigenvalue weighted by Crippen LogP contribution is 2.32. The van der Waals surface area contributed by atoms with Gasteiger partial charge in [0, 0.05) is 29.8 Å². The zero-order valence-corrected chi connectivity index (χ0v) is 23.1. The maximum atomic E-state index is 13.0. The highest BCUT2D eigenvalue weighted by Gasteiger charge is 2.31. The molecule has 204 valence electrons. The largest absolute Gasteiger partial charge is 0.490 e. The summed E-state index contributed by atoms with van der Waals surface area (Å²) in [6, 6.07) is 11.2. The van der Waals surface area contributed by atoms with Crippen molar-refractivity contribution in [2.45, 2.75) is 66.2 Å². The average Bonchev–Trinajstić information content (AvgIpc) is 3.36. The molecular formula is C29H33N5O5. The van der Waals surface area contributed by atoms with Gasteiger partial charge in [-0.25, -0.2) is 4.79 Å². The van der Waals surface area contributed by atoms with E-state index in [-0.39, 0.29) is 18.6 Å². The van der Waals surface area contributed by atoms with Crippen molar-refractivity contribution < 1.29 is 24.0 Å². The Morgan fingerprint density at radius 2 is 2.00 bits per heavy atom. The Bertz CT molecular complexity index is 1450. The lowest BCUT2D eigenvalue weighted by molar-refractivity contribution is -0.134. The van der Waals surface area contributed by atoms with E-state index < -0.39 is 11.6 Å². The van der Waals surface area contributed by atoms with E-state index in [4.69, 9.17) is 9.26 Å². The normalized spacial score (nSPS) is 13.1. The Morgan fingerprint density at radius 1 is 1.26 bits per heavy atom. The molecule has 0 unspecified atom stereocenters. The molecule has 1 aliphatic rings. The van der Waals surface area contributed by atoms with E-state index >= 15 is 0 Å². The van der Waals surface area contributed by atoms with Gasteiger partial charge in [-0.2, -0.15) is 10.2 Å². The van der Waals surface area contributed by atoms with E-state index in [0.717, 1.165) is 27.2 Å². The molecule has 0 spiro atoms. The molecule has 2 amide bonds. The van der Waals surface area contributed by atoms with E-state index in [1.165, 1.54) is 0 Å². The Labute approximate surface area is 227 Å². The Morgan fingerprint density at radius 3 is 2.64 bits per heavy atom. The summed E-state index contributed by atoms with van der Waals surface area (Å²) in [6.07, 6.45) is -0.536. The van der Waals surface area contributed by atoms with Crippen LogP contribution >= 0.6 is 0 Å². The van der Waals surface area contributed by atoms with Crippen LogP contribution in [0.3, 0.4) is 0 Å². The molecule has 1 aliphatic heterocycles. The van der Waals surface area contributed by atoms with Crippen LogP contribution in [-0.2, 0) is 17.8 Å². The molecule has 2 aromatic carbocycles. The fraction of sp³-hybridized carbons (Fsp3) is 0.414. The fourth-order valence-corrected chi connectivity index (χ4v) is 4.68. The standard InChI is InChI=1S/C29H33N5O5/c1-17(2)38-24-10-8-19(13-21(24)14-30)27-31-26(32-39-27)23-9-7-20-15-33(12-11-22(20)18(23)3)25(35)16-34(28(36)37)29(4,5)6/h7-10,13,17H,11-12,15-16H2,1-6H3,(H,36,37). The third-order valence-corrected chi connectivity index (χ3v) is 6.75. The predicted molar refractivity (Wildman–Crippen MR) is 144 cm³/mol.